The molecule has 1 atom stereocenters. The van der Waals surface area contributed by atoms with Crippen molar-refractivity contribution in [3.05, 3.63) is 70.0 Å². The first kappa shape index (κ1) is 20.6. The van der Waals surface area contributed by atoms with Gasteiger partial charge in [-0.05, 0) is 74.6 Å². The molecule has 0 saturated heterocycles. The van der Waals surface area contributed by atoms with E-state index in [1.165, 1.54) is 5.56 Å². The number of methoxy groups -OCH3 is 1. The van der Waals surface area contributed by atoms with Crippen molar-refractivity contribution in [3.63, 3.8) is 0 Å². The summed E-state index contributed by atoms with van der Waals surface area (Å²) in [7, 11) is 1.66. The van der Waals surface area contributed by atoms with E-state index in [2.05, 4.69) is 43.7 Å². The van der Waals surface area contributed by atoms with Gasteiger partial charge in [-0.2, -0.15) is 0 Å². The maximum atomic E-state index is 13.0. The molecular formula is C23H25BrN4O2. The SMILES string of the molecule is COc1ccc(CCC(C)NC(=O)c2nnn(-c3ccc(Br)cc3)c2C2CC2)cc1. The minimum absolute atomic E-state index is 0.0319. The molecule has 2 aromatic carbocycles. The van der Waals surface area contributed by atoms with Crippen LogP contribution in [-0.2, 0) is 6.42 Å². The highest BCUT2D eigenvalue weighted by atomic mass is 79.9. The molecule has 0 aliphatic heterocycles. The number of hydrogen-bond donors (Lipinski definition) is 1. The van der Waals surface area contributed by atoms with Crippen LogP contribution in [0.5, 0.6) is 5.75 Å². The second kappa shape index (κ2) is 9.00. The lowest BCUT2D eigenvalue weighted by atomic mass is 10.1. The van der Waals surface area contributed by atoms with Crippen LogP contribution in [0, 0.1) is 0 Å². The van der Waals surface area contributed by atoms with E-state index in [1.807, 2.05) is 43.3 Å². The van der Waals surface area contributed by atoms with Gasteiger partial charge in [0.15, 0.2) is 5.69 Å². The lowest BCUT2D eigenvalue weighted by Crippen LogP contribution is -2.33. The highest BCUT2D eigenvalue weighted by Crippen LogP contribution is 2.42. The van der Waals surface area contributed by atoms with Crippen LogP contribution in [0.4, 0.5) is 0 Å². The molecule has 0 bridgehead atoms. The van der Waals surface area contributed by atoms with E-state index in [-0.39, 0.29) is 11.9 Å². The Morgan fingerprint density at radius 1 is 1.20 bits per heavy atom. The topological polar surface area (TPSA) is 69.0 Å². The number of nitrogens with zero attached hydrogens (tertiary/aromatic N) is 3. The van der Waals surface area contributed by atoms with Crippen LogP contribution < -0.4 is 10.1 Å². The molecule has 1 aliphatic rings. The molecule has 1 N–H and O–H groups in total. The van der Waals surface area contributed by atoms with Crippen LogP contribution >= 0.6 is 15.9 Å². The molecule has 1 saturated carbocycles. The fraction of sp³-hybridized carbons (Fsp3) is 0.348. The minimum Gasteiger partial charge on any atom is -0.497 e. The molecule has 0 spiro atoms. The molecular weight excluding hydrogens is 444 g/mol. The first-order chi connectivity index (χ1) is 14.5. The molecule has 6 nitrogen and oxygen atoms in total. The molecule has 0 radical (unpaired) electrons. The third kappa shape index (κ3) is 4.73. The van der Waals surface area contributed by atoms with Gasteiger partial charge in [0.1, 0.15) is 5.75 Å². The number of halogens is 1. The molecule has 1 heterocycles. The first-order valence-corrected chi connectivity index (χ1v) is 11.0. The molecule has 7 heteroatoms. The van der Waals surface area contributed by atoms with E-state index >= 15 is 0 Å². The largest absolute Gasteiger partial charge is 0.497 e. The van der Waals surface area contributed by atoms with Crippen LogP contribution in [0.1, 0.15) is 53.8 Å². The van der Waals surface area contributed by atoms with E-state index in [1.54, 1.807) is 11.8 Å². The van der Waals surface area contributed by atoms with Crippen molar-refractivity contribution in [1.29, 1.82) is 0 Å². The van der Waals surface area contributed by atoms with Gasteiger partial charge in [-0.1, -0.05) is 33.3 Å². The van der Waals surface area contributed by atoms with E-state index in [0.29, 0.717) is 11.6 Å². The highest BCUT2D eigenvalue weighted by molar-refractivity contribution is 9.10. The summed E-state index contributed by atoms with van der Waals surface area (Å²) >= 11 is 3.46. The molecule has 30 heavy (non-hydrogen) atoms. The summed E-state index contributed by atoms with van der Waals surface area (Å²) in [4.78, 5) is 13.0. The van der Waals surface area contributed by atoms with Gasteiger partial charge in [0.2, 0.25) is 0 Å². The molecule has 1 aromatic heterocycles. The highest BCUT2D eigenvalue weighted by Gasteiger charge is 2.34. The van der Waals surface area contributed by atoms with Gasteiger partial charge in [-0.25, -0.2) is 4.68 Å². The Balaban J connectivity index is 1.43. The molecule has 1 amide bonds. The standard InChI is InChI=1S/C23H25BrN4O2/c1-15(3-4-16-5-13-20(30-2)14-6-16)25-23(29)21-22(17-7-8-17)28(27-26-21)19-11-9-18(24)10-12-19/h5-6,9-15,17H,3-4,7-8H2,1-2H3,(H,25,29). The summed E-state index contributed by atoms with van der Waals surface area (Å²) in [5, 5.41) is 11.6. The lowest BCUT2D eigenvalue weighted by Gasteiger charge is -2.14. The number of benzene rings is 2. The first-order valence-electron chi connectivity index (χ1n) is 10.2. The number of carbonyl (C=O) groups is 1. The molecule has 1 aliphatic carbocycles. The van der Waals surface area contributed by atoms with Crippen molar-refractivity contribution in [3.8, 4) is 11.4 Å². The van der Waals surface area contributed by atoms with Crippen LogP contribution in [0.25, 0.3) is 5.69 Å². The van der Waals surface area contributed by atoms with E-state index in [9.17, 15) is 4.79 Å². The van der Waals surface area contributed by atoms with Crippen LogP contribution in [-0.4, -0.2) is 34.1 Å². The van der Waals surface area contributed by atoms with Crippen molar-refractivity contribution in [2.45, 2.75) is 44.6 Å². The zero-order valence-electron chi connectivity index (χ0n) is 17.1. The fourth-order valence-corrected chi connectivity index (χ4v) is 3.75. The Morgan fingerprint density at radius 3 is 2.53 bits per heavy atom. The smallest absolute Gasteiger partial charge is 0.273 e. The molecule has 1 unspecified atom stereocenters. The average Bonchev–Trinajstić information content (AvgIpc) is 3.51. The van der Waals surface area contributed by atoms with E-state index < -0.39 is 0 Å². The van der Waals surface area contributed by atoms with Crippen molar-refractivity contribution in [1.82, 2.24) is 20.3 Å². The number of ether oxygens (including phenoxy) is 1. The predicted molar refractivity (Wildman–Crippen MR) is 119 cm³/mol. The number of amides is 1. The zero-order chi connectivity index (χ0) is 21.1. The van der Waals surface area contributed by atoms with Gasteiger partial charge in [0.25, 0.3) is 5.91 Å². The summed E-state index contributed by atoms with van der Waals surface area (Å²) in [6.45, 7) is 2.03. The Bertz CT molecular complexity index is 1010. The summed E-state index contributed by atoms with van der Waals surface area (Å²) in [5.41, 5.74) is 3.49. The van der Waals surface area contributed by atoms with Gasteiger partial charge >= 0.3 is 0 Å². The predicted octanol–water partition coefficient (Wildman–Crippen LogP) is 4.67. The fourth-order valence-electron chi connectivity index (χ4n) is 3.49. The normalized spacial score (nSPS) is 14.4. The minimum atomic E-state index is -0.150. The number of aromatic nitrogens is 3. The number of nitrogens with one attached hydrogen (secondary N) is 1. The van der Waals surface area contributed by atoms with Gasteiger partial charge in [-0.3, -0.25) is 4.79 Å². The number of rotatable bonds is 8. The van der Waals surface area contributed by atoms with Crippen molar-refractivity contribution < 1.29 is 9.53 Å². The molecule has 1 fully saturated rings. The van der Waals surface area contributed by atoms with Crippen LogP contribution in [0.15, 0.2) is 53.0 Å². The van der Waals surface area contributed by atoms with Crippen molar-refractivity contribution in [2.24, 2.45) is 0 Å². The van der Waals surface area contributed by atoms with Crippen LogP contribution in [0.3, 0.4) is 0 Å². The second-order valence-corrected chi connectivity index (χ2v) is 8.66. The van der Waals surface area contributed by atoms with Crippen molar-refractivity contribution in [2.75, 3.05) is 7.11 Å². The summed E-state index contributed by atoms with van der Waals surface area (Å²) in [5.74, 6) is 1.04. The number of hydrogen-bond acceptors (Lipinski definition) is 4. The zero-order valence-corrected chi connectivity index (χ0v) is 18.7. The molecule has 156 valence electrons. The Labute approximate surface area is 184 Å². The van der Waals surface area contributed by atoms with Gasteiger partial charge in [0, 0.05) is 16.4 Å². The van der Waals surface area contributed by atoms with E-state index in [4.69, 9.17) is 4.74 Å². The summed E-state index contributed by atoms with van der Waals surface area (Å²) in [6.07, 6.45) is 3.86. The monoisotopic (exact) mass is 468 g/mol. The maximum absolute atomic E-state index is 13.0. The molecule has 4 rings (SSSR count). The molecule has 3 aromatic rings. The van der Waals surface area contributed by atoms with Crippen molar-refractivity contribution >= 4 is 21.8 Å². The average molecular weight is 469 g/mol. The quantitative estimate of drug-likeness (QED) is 0.521. The maximum Gasteiger partial charge on any atom is 0.273 e. The number of aryl methyl sites for hydroxylation is 1. The van der Waals surface area contributed by atoms with Gasteiger partial charge in [0.05, 0.1) is 18.5 Å². The van der Waals surface area contributed by atoms with Crippen LogP contribution in [0.2, 0.25) is 0 Å². The third-order valence-electron chi connectivity index (χ3n) is 5.36. The summed E-state index contributed by atoms with van der Waals surface area (Å²) in [6, 6.07) is 16.0. The summed E-state index contributed by atoms with van der Waals surface area (Å²) < 4.78 is 8.01. The van der Waals surface area contributed by atoms with Gasteiger partial charge < -0.3 is 10.1 Å². The Hall–Kier alpha value is -2.67. The third-order valence-corrected chi connectivity index (χ3v) is 5.89. The Kier molecular flexibility index (Phi) is 6.18. The van der Waals surface area contributed by atoms with Gasteiger partial charge in [-0.15, -0.1) is 5.10 Å². The lowest BCUT2D eigenvalue weighted by molar-refractivity contribution is 0.0932. The Morgan fingerprint density at radius 2 is 1.90 bits per heavy atom. The van der Waals surface area contributed by atoms with E-state index in [0.717, 1.165) is 47.3 Å². The second-order valence-electron chi connectivity index (χ2n) is 7.75. The number of carbonyl (C=O) groups excluding carboxylic acids is 1.